The van der Waals surface area contributed by atoms with Crippen molar-refractivity contribution in [1.29, 1.82) is 0 Å². The smallest absolute Gasteiger partial charge is 0.469 e. The number of hydrogen-bond donors (Lipinski definition) is 0. The zero-order valence-corrected chi connectivity index (χ0v) is 8.64. The van der Waals surface area contributed by atoms with E-state index in [2.05, 4.69) is 19.4 Å². The Kier molecular flexibility index (Phi) is 5.58. The zero-order chi connectivity index (χ0) is 11.8. The number of nitrogens with zero attached hydrogens (tertiary/aromatic N) is 2. The largest absolute Gasteiger partial charge is 0.491 e. The van der Waals surface area contributed by atoms with Crippen LogP contribution in [0.15, 0.2) is 5.11 Å². The SMILES string of the molecule is CN=[N+]=C(C(=O)CC(=O)OC)C(=O)OC. The van der Waals surface area contributed by atoms with Crippen molar-refractivity contribution in [1.82, 2.24) is 0 Å². The zero-order valence-electron chi connectivity index (χ0n) is 8.64. The summed E-state index contributed by atoms with van der Waals surface area (Å²) in [6.07, 6.45) is -0.569. The van der Waals surface area contributed by atoms with Gasteiger partial charge in [-0.05, 0) is 0 Å². The summed E-state index contributed by atoms with van der Waals surface area (Å²) in [6, 6.07) is 0. The van der Waals surface area contributed by atoms with Crippen LogP contribution in [0, 0.1) is 0 Å². The maximum atomic E-state index is 11.3. The third kappa shape index (κ3) is 4.15. The van der Waals surface area contributed by atoms with Gasteiger partial charge < -0.3 is 9.47 Å². The van der Waals surface area contributed by atoms with Crippen molar-refractivity contribution in [2.45, 2.75) is 6.42 Å². The van der Waals surface area contributed by atoms with Gasteiger partial charge in [-0.15, -0.1) is 0 Å². The predicted octanol–water partition coefficient (Wildman–Crippen LogP) is -0.977. The van der Waals surface area contributed by atoms with E-state index in [0.29, 0.717) is 0 Å². The van der Waals surface area contributed by atoms with E-state index in [1.807, 2.05) is 0 Å². The van der Waals surface area contributed by atoms with Gasteiger partial charge in [-0.1, -0.05) is 0 Å². The number of rotatable bonds is 4. The molecule has 0 bridgehead atoms. The van der Waals surface area contributed by atoms with E-state index in [1.165, 1.54) is 7.05 Å². The molecule has 0 amide bonds. The summed E-state index contributed by atoms with van der Waals surface area (Å²) in [7, 11) is 3.52. The molecular formula is C8H11N2O5+. The predicted molar refractivity (Wildman–Crippen MR) is 47.3 cm³/mol. The number of methoxy groups -OCH3 is 2. The van der Waals surface area contributed by atoms with Crippen LogP contribution in [0.5, 0.6) is 0 Å². The number of ether oxygens (including phenoxy) is 2. The highest BCUT2D eigenvalue weighted by atomic mass is 16.5. The molecule has 0 unspecified atom stereocenters. The Hall–Kier alpha value is -2.01. The summed E-state index contributed by atoms with van der Waals surface area (Å²) in [5, 5.41) is 3.27. The molecule has 0 saturated carbocycles. The second kappa shape index (κ2) is 6.44. The summed E-state index contributed by atoms with van der Waals surface area (Å²) in [5.41, 5.74) is -0.523. The van der Waals surface area contributed by atoms with Crippen molar-refractivity contribution >= 4 is 23.4 Å². The molecule has 82 valence electrons. The van der Waals surface area contributed by atoms with Crippen LogP contribution >= 0.6 is 0 Å². The molecule has 0 atom stereocenters. The molecule has 0 rings (SSSR count). The van der Waals surface area contributed by atoms with Gasteiger partial charge in [0.05, 0.1) is 24.1 Å². The maximum Gasteiger partial charge on any atom is 0.491 e. The number of Topliss-reactive ketones (excluding diaryl/α,β-unsaturated/α-hetero) is 1. The fourth-order valence-corrected chi connectivity index (χ4v) is 0.694. The van der Waals surface area contributed by atoms with Gasteiger partial charge in [-0.3, -0.25) is 9.59 Å². The van der Waals surface area contributed by atoms with Crippen molar-refractivity contribution in [2.75, 3.05) is 21.3 Å². The first-order valence-corrected chi connectivity index (χ1v) is 3.92. The lowest BCUT2D eigenvalue weighted by Gasteiger charge is -1.93. The van der Waals surface area contributed by atoms with Crippen LogP contribution in [-0.4, -0.2) is 49.5 Å². The topological polar surface area (TPSA) is 96.1 Å². The Morgan fingerprint density at radius 2 is 1.80 bits per heavy atom. The molecule has 0 aliphatic carbocycles. The van der Waals surface area contributed by atoms with Crippen LogP contribution in [0.2, 0.25) is 0 Å². The second-order valence-electron chi connectivity index (χ2n) is 2.32. The van der Waals surface area contributed by atoms with Crippen LogP contribution in [0.25, 0.3) is 0 Å². The third-order valence-electron chi connectivity index (χ3n) is 1.38. The van der Waals surface area contributed by atoms with Crippen molar-refractivity contribution in [3.8, 4) is 0 Å². The van der Waals surface area contributed by atoms with E-state index in [9.17, 15) is 14.4 Å². The molecule has 7 heteroatoms. The van der Waals surface area contributed by atoms with Gasteiger partial charge in [0.2, 0.25) is 0 Å². The number of esters is 2. The summed E-state index contributed by atoms with van der Waals surface area (Å²) < 4.78 is 8.56. The number of hydrogen-bond acceptors (Lipinski definition) is 6. The average molecular weight is 215 g/mol. The standard InChI is InChI=1S/C8H11N2O5/c1-9-10-7(8(13)15-3)5(11)4-6(12)14-2/h4H2,1-3H3/q+1. The van der Waals surface area contributed by atoms with E-state index in [1.54, 1.807) is 0 Å². The van der Waals surface area contributed by atoms with Crippen molar-refractivity contribution in [2.24, 2.45) is 5.11 Å². The van der Waals surface area contributed by atoms with Crippen molar-refractivity contribution in [3.05, 3.63) is 0 Å². The Labute approximate surface area is 85.8 Å². The van der Waals surface area contributed by atoms with Crippen LogP contribution in [0.3, 0.4) is 0 Å². The first-order chi connectivity index (χ1) is 7.06. The molecule has 0 heterocycles. The molecule has 7 nitrogen and oxygen atoms in total. The minimum Gasteiger partial charge on any atom is -0.469 e. The molecule has 0 spiro atoms. The van der Waals surface area contributed by atoms with Gasteiger partial charge >= 0.3 is 17.7 Å². The fraction of sp³-hybridized carbons (Fsp3) is 0.500. The lowest BCUT2D eigenvalue weighted by molar-refractivity contribution is -0.148. The molecule has 0 N–H and O–H groups in total. The fourth-order valence-electron chi connectivity index (χ4n) is 0.694. The monoisotopic (exact) mass is 215 g/mol. The molecule has 0 saturated heterocycles. The Balaban J connectivity index is 4.82. The molecule has 0 fully saturated rings. The number of carbonyl (C=O) groups excluding carboxylic acids is 3. The minimum absolute atomic E-state index is 0.523. The average Bonchev–Trinajstić information content (AvgIpc) is 2.24. The molecule has 0 aliphatic rings. The number of ketones is 1. The summed E-state index contributed by atoms with van der Waals surface area (Å²) in [6.45, 7) is 0. The highest BCUT2D eigenvalue weighted by Crippen LogP contribution is 1.91. The van der Waals surface area contributed by atoms with Crippen molar-refractivity contribution < 1.29 is 28.6 Å². The molecular weight excluding hydrogens is 204 g/mol. The summed E-state index contributed by atoms with van der Waals surface area (Å²) in [4.78, 5) is 36.4. The molecule has 15 heavy (non-hydrogen) atoms. The lowest BCUT2D eigenvalue weighted by atomic mass is 10.2. The highest BCUT2D eigenvalue weighted by molar-refractivity contribution is 6.63. The quantitative estimate of drug-likeness (QED) is 0.197. The van der Waals surface area contributed by atoms with Gasteiger partial charge in [-0.25, -0.2) is 4.79 Å². The normalized spacial score (nSPS) is 8.47. The Bertz CT molecular complexity index is 341. The third-order valence-corrected chi connectivity index (χ3v) is 1.38. The van der Waals surface area contributed by atoms with E-state index in [4.69, 9.17) is 0 Å². The lowest BCUT2D eigenvalue weighted by Crippen LogP contribution is -2.28. The van der Waals surface area contributed by atoms with Gasteiger partial charge in [0.1, 0.15) is 13.5 Å². The first kappa shape index (κ1) is 13.0. The summed E-state index contributed by atoms with van der Waals surface area (Å²) >= 11 is 0. The van der Waals surface area contributed by atoms with Gasteiger partial charge in [0, 0.05) is 0 Å². The second-order valence-corrected chi connectivity index (χ2v) is 2.32. The van der Waals surface area contributed by atoms with E-state index in [-0.39, 0.29) is 0 Å². The van der Waals surface area contributed by atoms with Crippen LogP contribution < -0.4 is 0 Å². The van der Waals surface area contributed by atoms with E-state index >= 15 is 0 Å². The van der Waals surface area contributed by atoms with Crippen LogP contribution in [-0.2, 0) is 23.9 Å². The Morgan fingerprint density at radius 1 is 1.20 bits per heavy atom. The molecule has 0 radical (unpaired) electrons. The first-order valence-electron chi connectivity index (χ1n) is 3.92. The molecule has 0 aromatic carbocycles. The summed E-state index contributed by atoms with van der Waals surface area (Å²) in [5.74, 6) is -2.48. The van der Waals surface area contributed by atoms with Gasteiger partial charge in [0.25, 0.3) is 5.78 Å². The number of carbonyl (C=O) groups is 3. The molecule has 0 aromatic rings. The maximum absolute atomic E-state index is 11.3. The van der Waals surface area contributed by atoms with Crippen LogP contribution in [0.1, 0.15) is 6.42 Å². The van der Waals surface area contributed by atoms with Gasteiger partial charge in [-0.2, -0.15) is 0 Å². The van der Waals surface area contributed by atoms with Gasteiger partial charge in [0.15, 0.2) is 0 Å². The van der Waals surface area contributed by atoms with E-state index < -0.39 is 29.9 Å². The highest BCUT2D eigenvalue weighted by Gasteiger charge is 2.34. The van der Waals surface area contributed by atoms with Crippen LogP contribution in [0.4, 0.5) is 0 Å². The molecule has 0 aliphatic heterocycles. The minimum atomic E-state index is -0.936. The van der Waals surface area contributed by atoms with Crippen molar-refractivity contribution in [3.63, 3.8) is 0 Å². The Morgan fingerprint density at radius 3 is 2.20 bits per heavy atom. The molecule has 0 aromatic heterocycles. The van der Waals surface area contributed by atoms with E-state index in [0.717, 1.165) is 14.2 Å².